The molecule has 0 aromatic heterocycles. The predicted molar refractivity (Wildman–Crippen MR) is 346 cm³/mol. The first-order chi connectivity index (χ1) is 39.8. The van der Waals surface area contributed by atoms with Gasteiger partial charge in [0, 0.05) is 6.42 Å². The minimum absolute atomic E-state index is 0.135. The van der Waals surface area contributed by atoms with E-state index in [0.29, 0.717) is 12.8 Å². The lowest BCUT2D eigenvalue weighted by Gasteiger charge is -2.40. The van der Waals surface area contributed by atoms with Gasteiger partial charge in [0.2, 0.25) is 5.91 Å². The van der Waals surface area contributed by atoms with E-state index in [9.17, 15) is 30.3 Å². The van der Waals surface area contributed by atoms with Crippen molar-refractivity contribution in [3.05, 3.63) is 48.6 Å². The summed E-state index contributed by atoms with van der Waals surface area (Å²) in [5.74, 6) is -0.138. The van der Waals surface area contributed by atoms with Gasteiger partial charge in [0.05, 0.1) is 25.4 Å². The summed E-state index contributed by atoms with van der Waals surface area (Å²) in [5.41, 5.74) is 0. The summed E-state index contributed by atoms with van der Waals surface area (Å²) in [5, 5.41) is 55.0. The fourth-order valence-electron chi connectivity index (χ4n) is 11.5. The lowest BCUT2D eigenvalue weighted by atomic mass is 9.99. The molecule has 0 radical (unpaired) electrons. The number of carbonyl (C=O) groups excluding carboxylic acids is 1. The van der Waals surface area contributed by atoms with Crippen LogP contribution in [0.4, 0.5) is 0 Å². The molecule has 1 aliphatic heterocycles. The highest BCUT2D eigenvalue weighted by Crippen LogP contribution is 2.24. The van der Waals surface area contributed by atoms with Gasteiger partial charge in [-0.25, -0.2) is 0 Å². The summed E-state index contributed by atoms with van der Waals surface area (Å²) in [4.78, 5) is 13.2. The quantitative estimate of drug-likeness (QED) is 0.0261. The summed E-state index contributed by atoms with van der Waals surface area (Å²) in [6.45, 7) is 3.78. The zero-order valence-corrected chi connectivity index (χ0v) is 53.3. The zero-order valence-electron chi connectivity index (χ0n) is 53.3. The number of aliphatic hydroxyl groups is 5. The Morgan fingerprint density at radius 1 is 0.432 bits per heavy atom. The summed E-state index contributed by atoms with van der Waals surface area (Å²) in [6.07, 6.45) is 76.1. The Labute approximate surface area is 501 Å². The molecule has 7 atom stereocenters. The molecule has 0 aliphatic carbocycles. The van der Waals surface area contributed by atoms with Crippen molar-refractivity contribution < 1.29 is 39.8 Å². The average molecular weight is 1140 g/mol. The van der Waals surface area contributed by atoms with Gasteiger partial charge >= 0.3 is 0 Å². The fourth-order valence-corrected chi connectivity index (χ4v) is 11.5. The lowest BCUT2D eigenvalue weighted by molar-refractivity contribution is -0.302. The van der Waals surface area contributed by atoms with Gasteiger partial charge in [-0.3, -0.25) is 4.79 Å². The van der Waals surface area contributed by atoms with Crippen LogP contribution in [0.5, 0.6) is 0 Å². The van der Waals surface area contributed by atoms with Crippen molar-refractivity contribution in [3.8, 4) is 0 Å². The first kappa shape index (κ1) is 77.2. The second-order valence-corrected chi connectivity index (χ2v) is 24.7. The van der Waals surface area contributed by atoms with Crippen molar-refractivity contribution >= 4 is 5.91 Å². The Balaban J connectivity index is 2.10. The molecule has 0 aromatic carbocycles. The number of rotatable bonds is 62. The van der Waals surface area contributed by atoms with Crippen LogP contribution in [0, 0.1) is 0 Å². The minimum atomic E-state index is -1.55. The molecule has 0 saturated carbocycles. The van der Waals surface area contributed by atoms with Gasteiger partial charge in [-0.2, -0.15) is 0 Å². The van der Waals surface area contributed by atoms with E-state index >= 15 is 0 Å². The molecule has 9 nitrogen and oxygen atoms in total. The van der Waals surface area contributed by atoms with E-state index in [1.54, 1.807) is 0 Å². The van der Waals surface area contributed by atoms with Crippen LogP contribution < -0.4 is 5.32 Å². The van der Waals surface area contributed by atoms with E-state index in [-0.39, 0.29) is 12.5 Å². The van der Waals surface area contributed by atoms with Crippen LogP contribution in [0.25, 0.3) is 0 Å². The van der Waals surface area contributed by atoms with Crippen molar-refractivity contribution in [1.29, 1.82) is 0 Å². The van der Waals surface area contributed by atoms with Crippen molar-refractivity contribution in [3.63, 3.8) is 0 Å². The third kappa shape index (κ3) is 50.1. The van der Waals surface area contributed by atoms with Crippen molar-refractivity contribution in [2.45, 2.75) is 391 Å². The molecule has 7 unspecified atom stereocenters. The third-order valence-electron chi connectivity index (χ3n) is 16.9. The highest BCUT2D eigenvalue weighted by atomic mass is 16.7. The molecule has 1 rings (SSSR count). The van der Waals surface area contributed by atoms with E-state index < -0.39 is 49.5 Å². The van der Waals surface area contributed by atoms with E-state index in [1.165, 1.54) is 257 Å². The number of hydrogen-bond acceptors (Lipinski definition) is 8. The zero-order chi connectivity index (χ0) is 58.6. The minimum Gasteiger partial charge on any atom is -0.394 e. The fraction of sp³-hybridized carbons (Fsp3) is 0.875. The molecule has 1 heterocycles. The molecule has 1 saturated heterocycles. The van der Waals surface area contributed by atoms with Crippen molar-refractivity contribution in [2.24, 2.45) is 0 Å². The summed E-state index contributed by atoms with van der Waals surface area (Å²) < 4.78 is 11.4. The number of unbranched alkanes of at least 4 members (excludes halogenated alkanes) is 44. The Kier molecular flexibility index (Phi) is 58.3. The number of carbonyl (C=O) groups is 1. The summed E-state index contributed by atoms with van der Waals surface area (Å²) in [6, 6.07) is -0.720. The second-order valence-electron chi connectivity index (χ2n) is 24.7. The molecule has 1 aliphatic rings. The highest BCUT2D eigenvalue weighted by Gasteiger charge is 2.44. The topological polar surface area (TPSA) is 149 Å². The third-order valence-corrected chi connectivity index (χ3v) is 16.9. The van der Waals surface area contributed by atoms with Crippen LogP contribution in [-0.2, 0) is 14.3 Å². The van der Waals surface area contributed by atoms with E-state index in [2.05, 4.69) is 67.8 Å². The maximum Gasteiger partial charge on any atom is 0.220 e. The number of hydrogen-bond donors (Lipinski definition) is 6. The predicted octanol–water partition coefficient (Wildman–Crippen LogP) is 19.2. The van der Waals surface area contributed by atoms with Crippen molar-refractivity contribution in [2.75, 3.05) is 13.2 Å². The smallest absolute Gasteiger partial charge is 0.220 e. The Hall–Kier alpha value is -1.85. The normalized spacial score (nSPS) is 18.6. The molecule has 6 N–H and O–H groups in total. The number of allylic oxidation sites excluding steroid dienone is 8. The highest BCUT2D eigenvalue weighted by molar-refractivity contribution is 5.76. The van der Waals surface area contributed by atoms with Crippen LogP contribution in [0.3, 0.4) is 0 Å². The first-order valence-electron chi connectivity index (χ1n) is 35.3. The van der Waals surface area contributed by atoms with E-state index in [1.807, 2.05) is 0 Å². The number of aliphatic hydroxyl groups excluding tert-OH is 5. The van der Waals surface area contributed by atoms with Gasteiger partial charge in [0.25, 0.3) is 0 Å². The summed E-state index contributed by atoms with van der Waals surface area (Å²) in [7, 11) is 0. The number of nitrogens with one attached hydrogen (secondary N) is 1. The van der Waals surface area contributed by atoms with E-state index in [0.717, 1.165) is 64.2 Å². The Morgan fingerprint density at radius 3 is 1.14 bits per heavy atom. The maximum atomic E-state index is 13.2. The molecular formula is C72H135NO8. The SMILES string of the molecule is CC/C=C\C/C=C\C/C=C\C/C=C\CCCCCCCCCCCCCCCCCCCCC(=O)NC(COC1OC(CO)C(O)C(O)C1O)C(O)CCCCCCCCCCCCCCCCCCCCCCCCCCCCC. The monoisotopic (exact) mass is 1140 g/mol. The maximum absolute atomic E-state index is 13.2. The molecule has 1 amide bonds. The van der Waals surface area contributed by atoms with Gasteiger partial charge in [-0.1, -0.05) is 339 Å². The van der Waals surface area contributed by atoms with Crippen LogP contribution in [0.2, 0.25) is 0 Å². The van der Waals surface area contributed by atoms with Gasteiger partial charge in [0.15, 0.2) is 6.29 Å². The molecule has 0 bridgehead atoms. The average Bonchev–Trinajstić information content (AvgIpc) is 3.47. The first-order valence-corrected chi connectivity index (χ1v) is 35.3. The molecule has 1 fully saturated rings. The molecule has 0 aromatic rings. The van der Waals surface area contributed by atoms with Gasteiger partial charge in [0.1, 0.15) is 24.4 Å². The lowest BCUT2D eigenvalue weighted by Crippen LogP contribution is -2.60. The van der Waals surface area contributed by atoms with Crippen LogP contribution in [0.15, 0.2) is 48.6 Å². The second kappa shape index (κ2) is 61.2. The van der Waals surface area contributed by atoms with E-state index in [4.69, 9.17) is 9.47 Å². The molecule has 81 heavy (non-hydrogen) atoms. The Bertz CT molecular complexity index is 1420. The Morgan fingerprint density at radius 2 is 0.765 bits per heavy atom. The van der Waals surface area contributed by atoms with Gasteiger partial charge in [-0.05, 0) is 51.4 Å². The molecule has 476 valence electrons. The standard InChI is InChI=1S/C72H135NO8/c1-3-5-7-9-11-13-15-17-19-21-23-25-27-29-31-32-33-34-36-38-40-42-44-46-48-50-52-54-56-58-60-62-68(76)73-65(64-80-72-71(79)70(78)69(77)67(63-74)81-72)66(75)61-59-57-55-53-51-49-47-45-43-41-39-37-35-30-28-26-24-22-20-18-16-14-12-10-8-6-4-2/h5,7,11,13,17,19,23,25,65-67,69-72,74-75,77-79H,3-4,6,8-10,12,14-16,18,20-22,24,26-64H2,1-2H3,(H,73,76)/b7-5-,13-11-,19-17-,25-23-. The van der Waals surface area contributed by atoms with Crippen molar-refractivity contribution in [1.82, 2.24) is 5.32 Å². The van der Waals surface area contributed by atoms with Gasteiger partial charge < -0.3 is 40.3 Å². The summed E-state index contributed by atoms with van der Waals surface area (Å²) >= 11 is 0. The van der Waals surface area contributed by atoms with Crippen LogP contribution in [-0.4, -0.2) is 87.5 Å². The largest absolute Gasteiger partial charge is 0.394 e. The van der Waals surface area contributed by atoms with Crippen LogP contribution in [0.1, 0.15) is 348 Å². The van der Waals surface area contributed by atoms with Crippen LogP contribution >= 0.6 is 0 Å². The molecule has 0 spiro atoms. The van der Waals surface area contributed by atoms with Gasteiger partial charge in [-0.15, -0.1) is 0 Å². The molecule has 9 heteroatoms. The number of ether oxygens (including phenoxy) is 2. The number of amides is 1. The molecular weight excluding hydrogens is 1010 g/mol.